The molecule has 0 radical (unpaired) electrons. The van der Waals surface area contributed by atoms with Gasteiger partial charge >= 0.3 is 6.18 Å². The number of rotatable bonds is 2. The number of halogens is 3. The van der Waals surface area contributed by atoms with E-state index in [1.807, 2.05) is 6.07 Å². The van der Waals surface area contributed by atoms with Crippen molar-refractivity contribution in [3.05, 3.63) is 70.9 Å². The van der Waals surface area contributed by atoms with E-state index < -0.39 is 11.7 Å². The summed E-state index contributed by atoms with van der Waals surface area (Å²) in [5.74, 6) is 0. The molecule has 5 heteroatoms. The fraction of sp³-hybridized carbons (Fsp3) is 0.0714. The first kappa shape index (κ1) is 13.1. The fourth-order valence-electron chi connectivity index (χ4n) is 1.55. The van der Waals surface area contributed by atoms with Crippen LogP contribution in [0.2, 0.25) is 0 Å². The van der Waals surface area contributed by atoms with Crippen LogP contribution in [0.1, 0.15) is 11.1 Å². The molecule has 0 amide bonds. The minimum atomic E-state index is -4.39. The Labute approximate surface area is 108 Å². The smallest absolute Gasteiger partial charge is 0.416 e. The maximum atomic E-state index is 12.4. The van der Waals surface area contributed by atoms with Crippen molar-refractivity contribution in [1.82, 2.24) is 0 Å². The molecule has 2 rings (SSSR count). The Hall–Kier alpha value is -2.30. The van der Waals surface area contributed by atoms with Gasteiger partial charge in [-0.05, 0) is 24.3 Å². The second-order valence-corrected chi connectivity index (χ2v) is 3.91. The van der Waals surface area contributed by atoms with Gasteiger partial charge in [-0.25, -0.2) is 0 Å². The van der Waals surface area contributed by atoms with Crippen molar-refractivity contribution in [2.75, 3.05) is 0 Å². The van der Waals surface area contributed by atoms with E-state index in [1.54, 1.807) is 24.3 Å². The van der Waals surface area contributed by atoms with Gasteiger partial charge in [0.2, 0.25) is 5.69 Å². The molecule has 0 saturated carbocycles. The van der Waals surface area contributed by atoms with Gasteiger partial charge in [0.15, 0.2) is 6.21 Å². The van der Waals surface area contributed by atoms with Crippen molar-refractivity contribution in [3.63, 3.8) is 0 Å². The first-order valence-corrected chi connectivity index (χ1v) is 5.50. The molecule has 0 spiro atoms. The highest BCUT2D eigenvalue weighted by Gasteiger charge is 2.30. The fourth-order valence-corrected chi connectivity index (χ4v) is 1.55. The summed E-state index contributed by atoms with van der Waals surface area (Å²) in [6, 6.07) is 12.9. The van der Waals surface area contributed by atoms with E-state index in [4.69, 9.17) is 0 Å². The highest BCUT2D eigenvalue weighted by atomic mass is 19.4. The molecule has 2 aromatic rings. The lowest BCUT2D eigenvalue weighted by Gasteiger charge is -2.07. The SMILES string of the molecule is [O-]/[N+](=C/c1ccccc1)c1ccc(C(F)(F)F)cc1. The third kappa shape index (κ3) is 3.34. The average Bonchev–Trinajstić information content (AvgIpc) is 2.39. The first-order chi connectivity index (χ1) is 8.97. The first-order valence-electron chi connectivity index (χ1n) is 5.50. The quantitative estimate of drug-likeness (QED) is 0.349. The van der Waals surface area contributed by atoms with Gasteiger partial charge < -0.3 is 5.21 Å². The van der Waals surface area contributed by atoms with Crippen LogP contribution >= 0.6 is 0 Å². The average molecular weight is 265 g/mol. The summed E-state index contributed by atoms with van der Waals surface area (Å²) in [7, 11) is 0. The molecule has 19 heavy (non-hydrogen) atoms. The number of alkyl halides is 3. The summed E-state index contributed by atoms with van der Waals surface area (Å²) < 4.78 is 37.6. The van der Waals surface area contributed by atoms with E-state index in [-0.39, 0.29) is 5.69 Å². The molecule has 0 unspecified atom stereocenters. The Morgan fingerprint density at radius 3 is 2.00 bits per heavy atom. The van der Waals surface area contributed by atoms with E-state index >= 15 is 0 Å². The molecule has 0 saturated heterocycles. The molecule has 0 aliphatic carbocycles. The van der Waals surface area contributed by atoms with Gasteiger partial charge in [-0.1, -0.05) is 18.2 Å². The molecule has 0 aromatic heterocycles. The Kier molecular flexibility index (Phi) is 3.55. The molecule has 0 bridgehead atoms. The van der Waals surface area contributed by atoms with E-state index in [1.165, 1.54) is 6.21 Å². The van der Waals surface area contributed by atoms with Crippen molar-refractivity contribution < 1.29 is 17.9 Å². The molecule has 0 fully saturated rings. The Bertz CT molecular complexity index is 574. The van der Waals surface area contributed by atoms with E-state index in [0.29, 0.717) is 10.3 Å². The molecule has 0 aliphatic heterocycles. The van der Waals surface area contributed by atoms with Crippen LogP contribution in [0.4, 0.5) is 18.9 Å². The molecule has 2 aromatic carbocycles. The van der Waals surface area contributed by atoms with Gasteiger partial charge in [0.05, 0.1) is 5.56 Å². The van der Waals surface area contributed by atoms with Gasteiger partial charge in [0.1, 0.15) is 0 Å². The van der Waals surface area contributed by atoms with Crippen LogP contribution in [-0.4, -0.2) is 11.0 Å². The molecule has 0 aliphatic rings. The van der Waals surface area contributed by atoms with Crippen molar-refractivity contribution >= 4 is 11.9 Å². The van der Waals surface area contributed by atoms with Crippen molar-refractivity contribution in [1.29, 1.82) is 0 Å². The normalized spacial score (nSPS) is 12.5. The maximum Gasteiger partial charge on any atom is 0.416 e. The summed E-state index contributed by atoms with van der Waals surface area (Å²) in [5, 5.41) is 11.8. The number of hydrogen-bond acceptors (Lipinski definition) is 1. The molecular weight excluding hydrogens is 255 g/mol. The van der Waals surface area contributed by atoms with Crippen molar-refractivity contribution in [2.24, 2.45) is 0 Å². The van der Waals surface area contributed by atoms with Gasteiger partial charge in [-0.15, -0.1) is 0 Å². The van der Waals surface area contributed by atoms with Crippen LogP contribution in [0.15, 0.2) is 54.6 Å². The highest BCUT2D eigenvalue weighted by molar-refractivity contribution is 5.76. The van der Waals surface area contributed by atoms with Crippen molar-refractivity contribution in [2.45, 2.75) is 6.18 Å². The number of hydrogen-bond donors (Lipinski definition) is 0. The third-order valence-corrected chi connectivity index (χ3v) is 2.52. The van der Waals surface area contributed by atoms with Crippen LogP contribution in [0.3, 0.4) is 0 Å². The van der Waals surface area contributed by atoms with E-state index in [0.717, 1.165) is 24.3 Å². The lowest BCUT2D eigenvalue weighted by Crippen LogP contribution is -2.05. The summed E-state index contributed by atoms with van der Waals surface area (Å²) >= 11 is 0. The van der Waals surface area contributed by atoms with Crippen LogP contribution in [0.5, 0.6) is 0 Å². The predicted octanol–water partition coefficient (Wildman–Crippen LogP) is 3.97. The highest BCUT2D eigenvalue weighted by Crippen LogP contribution is 2.30. The lowest BCUT2D eigenvalue weighted by molar-refractivity contribution is -0.354. The zero-order valence-corrected chi connectivity index (χ0v) is 9.76. The molecule has 98 valence electrons. The summed E-state index contributed by atoms with van der Waals surface area (Å²) in [6.07, 6.45) is -3.09. The largest absolute Gasteiger partial charge is 0.618 e. The van der Waals surface area contributed by atoms with Gasteiger partial charge in [-0.3, -0.25) is 0 Å². The summed E-state index contributed by atoms with van der Waals surface area (Å²) in [6.45, 7) is 0. The molecule has 0 N–H and O–H groups in total. The van der Waals surface area contributed by atoms with Crippen LogP contribution < -0.4 is 0 Å². The Balaban J connectivity index is 2.25. The van der Waals surface area contributed by atoms with Gasteiger partial charge in [-0.2, -0.15) is 17.9 Å². The second-order valence-electron chi connectivity index (χ2n) is 3.91. The maximum absolute atomic E-state index is 12.4. The number of nitrogens with zero attached hydrogens (tertiary/aromatic N) is 1. The summed E-state index contributed by atoms with van der Waals surface area (Å²) in [4.78, 5) is 0. The zero-order valence-electron chi connectivity index (χ0n) is 9.76. The van der Waals surface area contributed by atoms with Crippen LogP contribution in [0.25, 0.3) is 0 Å². The minimum absolute atomic E-state index is 0.150. The third-order valence-electron chi connectivity index (χ3n) is 2.52. The van der Waals surface area contributed by atoms with Gasteiger partial charge in [0, 0.05) is 17.7 Å². The predicted molar refractivity (Wildman–Crippen MR) is 66.3 cm³/mol. The molecule has 2 nitrogen and oxygen atoms in total. The molecule has 0 heterocycles. The van der Waals surface area contributed by atoms with E-state index in [9.17, 15) is 18.4 Å². The Morgan fingerprint density at radius 1 is 0.895 bits per heavy atom. The summed E-state index contributed by atoms with van der Waals surface area (Å²) in [5.41, 5.74) is 0.0543. The topological polar surface area (TPSA) is 26.1 Å². The van der Waals surface area contributed by atoms with Crippen LogP contribution in [-0.2, 0) is 6.18 Å². The van der Waals surface area contributed by atoms with Crippen molar-refractivity contribution in [3.8, 4) is 0 Å². The number of benzene rings is 2. The lowest BCUT2D eigenvalue weighted by atomic mass is 10.2. The standard InChI is InChI=1S/C14H10F3NO/c15-14(16,17)12-6-8-13(9-7-12)18(19)10-11-4-2-1-3-5-11/h1-10H/b18-10+. The minimum Gasteiger partial charge on any atom is -0.618 e. The molecule has 0 atom stereocenters. The van der Waals surface area contributed by atoms with E-state index in [2.05, 4.69) is 0 Å². The Morgan fingerprint density at radius 2 is 1.47 bits per heavy atom. The second kappa shape index (κ2) is 5.14. The molecular formula is C14H10F3NO. The van der Waals surface area contributed by atoms with Gasteiger partial charge in [0.25, 0.3) is 0 Å². The zero-order chi connectivity index (χ0) is 13.9. The van der Waals surface area contributed by atoms with Crippen LogP contribution in [0, 0.1) is 5.21 Å². The monoisotopic (exact) mass is 265 g/mol.